The van der Waals surface area contributed by atoms with Crippen LogP contribution in [0.25, 0.3) is 0 Å². The van der Waals surface area contributed by atoms with E-state index >= 15 is 0 Å². The third kappa shape index (κ3) is 5.26. The highest BCUT2D eigenvalue weighted by Gasteiger charge is 2.25. The Labute approximate surface area is 191 Å². The number of nitriles is 3. The first-order valence-electron chi connectivity index (χ1n) is 10.2. The van der Waals surface area contributed by atoms with Crippen molar-refractivity contribution in [3.8, 4) is 18.2 Å². The molecule has 6 nitrogen and oxygen atoms in total. The molecule has 0 bridgehead atoms. The van der Waals surface area contributed by atoms with Gasteiger partial charge in [-0.25, -0.2) is 9.18 Å². The predicted molar refractivity (Wildman–Crippen MR) is 119 cm³/mol. The third-order valence-electron chi connectivity index (χ3n) is 5.04. The first kappa shape index (κ1) is 23.3. The van der Waals surface area contributed by atoms with Crippen molar-refractivity contribution < 1.29 is 13.9 Å². The van der Waals surface area contributed by atoms with Gasteiger partial charge < -0.3 is 4.74 Å². The monoisotopic (exact) mass is 440 g/mol. The van der Waals surface area contributed by atoms with Crippen molar-refractivity contribution in [2.45, 2.75) is 38.7 Å². The lowest BCUT2D eigenvalue weighted by Gasteiger charge is -2.23. The van der Waals surface area contributed by atoms with Gasteiger partial charge in [-0.15, -0.1) is 0 Å². The van der Waals surface area contributed by atoms with Crippen molar-refractivity contribution in [2.24, 2.45) is 0 Å². The van der Waals surface area contributed by atoms with Gasteiger partial charge >= 0.3 is 6.09 Å². The smallest absolute Gasteiger partial charge is 0.418 e. The van der Waals surface area contributed by atoms with Gasteiger partial charge in [0.25, 0.3) is 0 Å². The van der Waals surface area contributed by atoms with Crippen molar-refractivity contribution in [1.29, 1.82) is 15.8 Å². The summed E-state index contributed by atoms with van der Waals surface area (Å²) < 4.78 is 20.5. The van der Waals surface area contributed by atoms with E-state index in [-0.39, 0.29) is 23.1 Å². The standard InChI is InChI=1S/C26H21FN4O2/c1-26(2,3)33-25(32)31-10-4-5-22(31)13-24(17-6-8-21(27)9-7-17)23-12-19(15-29)18(14-28)11-20(23)16-30/h4-12,24H,13H2,1-3H3. The van der Waals surface area contributed by atoms with Crippen molar-refractivity contribution >= 4 is 6.09 Å². The number of hydrogen-bond donors (Lipinski definition) is 0. The zero-order valence-electron chi connectivity index (χ0n) is 18.5. The molecule has 0 radical (unpaired) electrons. The van der Waals surface area contributed by atoms with Crippen molar-refractivity contribution in [3.63, 3.8) is 0 Å². The summed E-state index contributed by atoms with van der Waals surface area (Å²) in [6.45, 7) is 5.32. The molecule has 0 saturated heterocycles. The van der Waals surface area contributed by atoms with Gasteiger partial charge in [0.05, 0.1) is 22.8 Å². The van der Waals surface area contributed by atoms with Gasteiger partial charge in [0, 0.05) is 17.8 Å². The van der Waals surface area contributed by atoms with Gasteiger partial charge in [-0.05, 0) is 74.7 Å². The average Bonchev–Trinajstić information content (AvgIpc) is 3.24. The molecule has 3 aromatic rings. The van der Waals surface area contributed by atoms with Gasteiger partial charge in [0.2, 0.25) is 0 Å². The van der Waals surface area contributed by atoms with Crippen LogP contribution in [0, 0.1) is 39.8 Å². The maximum atomic E-state index is 13.6. The van der Waals surface area contributed by atoms with Gasteiger partial charge in [-0.1, -0.05) is 12.1 Å². The van der Waals surface area contributed by atoms with E-state index in [1.54, 1.807) is 51.2 Å². The highest BCUT2D eigenvalue weighted by molar-refractivity contribution is 5.72. The van der Waals surface area contributed by atoms with Crippen LogP contribution in [0.1, 0.15) is 60.2 Å². The lowest BCUT2D eigenvalue weighted by molar-refractivity contribution is 0.0532. The Balaban J connectivity index is 2.14. The predicted octanol–water partition coefficient (Wildman–Crippen LogP) is 5.40. The molecule has 0 amide bonds. The van der Waals surface area contributed by atoms with E-state index in [4.69, 9.17) is 4.74 Å². The lowest BCUT2D eigenvalue weighted by Crippen LogP contribution is -2.28. The number of rotatable bonds is 4. The second kappa shape index (κ2) is 9.39. The molecule has 1 atom stereocenters. The molecule has 2 aromatic carbocycles. The van der Waals surface area contributed by atoms with Crippen LogP contribution in [-0.4, -0.2) is 16.3 Å². The number of carbonyl (C=O) groups excluding carboxylic acids is 1. The van der Waals surface area contributed by atoms with E-state index in [2.05, 4.69) is 6.07 Å². The fraction of sp³-hybridized carbons (Fsp3) is 0.231. The molecule has 0 spiro atoms. The summed E-state index contributed by atoms with van der Waals surface area (Å²) in [5.41, 5.74) is 1.61. The Hall–Kier alpha value is -4.41. The largest absolute Gasteiger partial charge is 0.443 e. The summed E-state index contributed by atoms with van der Waals surface area (Å²) in [6, 6.07) is 18.3. The van der Waals surface area contributed by atoms with E-state index in [0.29, 0.717) is 16.8 Å². The molecule has 1 heterocycles. The fourth-order valence-electron chi connectivity index (χ4n) is 3.57. The first-order valence-corrected chi connectivity index (χ1v) is 10.2. The first-order chi connectivity index (χ1) is 15.7. The second-order valence-corrected chi connectivity index (χ2v) is 8.48. The molecule has 3 rings (SSSR count). The molecular formula is C26H21FN4O2. The number of aromatic nitrogens is 1. The molecule has 0 saturated carbocycles. The van der Waals surface area contributed by atoms with E-state index in [0.717, 1.165) is 0 Å². The van der Waals surface area contributed by atoms with E-state index in [1.165, 1.54) is 28.8 Å². The Morgan fingerprint density at radius 3 is 2.18 bits per heavy atom. The molecule has 0 aliphatic carbocycles. The summed E-state index contributed by atoms with van der Waals surface area (Å²) in [7, 11) is 0. The van der Waals surface area contributed by atoms with Crippen LogP contribution in [0.3, 0.4) is 0 Å². The minimum atomic E-state index is -0.683. The SMILES string of the molecule is CC(C)(C)OC(=O)n1cccc1CC(c1ccc(F)cc1)c1cc(C#N)c(C#N)cc1C#N. The van der Waals surface area contributed by atoms with Gasteiger partial charge in [-0.3, -0.25) is 4.57 Å². The average molecular weight is 440 g/mol. The van der Waals surface area contributed by atoms with Crippen LogP contribution in [0.2, 0.25) is 0 Å². The molecule has 7 heteroatoms. The molecule has 164 valence electrons. The minimum absolute atomic E-state index is 0.104. The molecule has 1 unspecified atom stereocenters. The van der Waals surface area contributed by atoms with E-state index in [1.807, 2.05) is 12.1 Å². The number of ether oxygens (including phenoxy) is 1. The molecule has 1 aromatic heterocycles. The van der Waals surface area contributed by atoms with Crippen molar-refractivity contribution in [2.75, 3.05) is 0 Å². The summed E-state index contributed by atoms with van der Waals surface area (Å²) in [4.78, 5) is 12.7. The quantitative estimate of drug-likeness (QED) is 0.540. The van der Waals surface area contributed by atoms with Crippen LogP contribution in [0.15, 0.2) is 54.7 Å². The molecule has 0 N–H and O–H groups in total. The van der Waals surface area contributed by atoms with Crippen molar-refractivity contribution in [3.05, 3.63) is 94.1 Å². The Morgan fingerprint density at radius 2 is 1.61 bits per heavy atom. The number of carbonyl (C=O) groups is 1. The van der Waals surface area contributed by atoms with Crippen molar-refractivity contribution in [1.82, 2.24) is 4.57 Å². The van der Waals surface area contributed by atoms with Crippen LogP contribution in [0.4, 0.5) is 9.18 Å². The maximum Gasteiger partial charge on any atom is 0.418 e. The van der Waals surface area contributed by atoms with Gasteiger partial charge in [0.15, 0.2) is 0 Å². The van der Waals surface area contributed by atoms with E-state index < -0.39 is 23.4 Å². The fourth-order valence-corrected chi connectivity index (χ4v) is 3.57. The minimum Gasteiger partial charge on any atom is -0.443 e. The topological polar surface area (TPSA) is 103 Å². The Bertz CT molecular complexity index is 1310. The summed E-state index contributed by atoms with van der Waals surface area (Å²) in [6.07, 6.45) is 1.32. The molecular weight excluding hydrogens is 419 g/mol. The Morgan fingerprint density at radius 1 is 1.00 bits per heavy atom. The van der Waals surface area contributed by atoms with Crippen LogP contribution >= 0.6 is 0 Å². The zero-order valence-corrected chi connectivity index (χ0v) is 18.5. The van der Waals surface area contributed by atoms with Gasteiger partial charge in [0.1, 0.15) is 23.6 Å². The number of benzene rings is 2. The summed E-state index contributed by atoms with van der Waals surface area (Å²) in [5.74, 6) is -0.899. The number of hydrogen-bond acceptors (Lipinski definition) is 5. The maximum absolute atomic E-state index is 13.6. The van der Waals surface area contributed by atoms with Gasteiger partial charge in [-0.2, -0.15) is 15.8 Å². The summed E-state index contributed by atoms with van der Waals surface area (Å²) in [5, 5.41) is 28.6. The zero-order chi connectivity index (χ0) is 24.2. The molecule has 0 aliphatic rings. The highest BCUT2D eigenvalue weighted by Crippen LogP contribution is 2.33. The molecule has 33 heavy (non-hydrogen) atoms. The third-order valence-corrected chi connectivity index (χ3v) is 5.04. The highest BCUT2D eigenvalue weighted by atomic mass is 19.1. The Kier molecular flexibility index (Phi) is 6.61. The molecule has 0 aliphatic heterocycles. The number of nitrogens with zero attached hydrogens (tertiary/aromatic N) is 4. The van der Waals surface area contributed by atoms with Crippen LogP contribution in [-0.2, 0) is 11.2 Å². The van der Waals surface area contributed by atoms with Crippen LogP contribution < -0.4 is 0 Å². The lowest BCUT2D eigenvalue weighted by atomic mass is 9.83. The van der Waals surface area contributed by atoms with E-state index in [9.17, 15) is 25.0 Å². The normalized spacial score (nSPS) is 11.7. The van der Waals surface area contributed by atoms with Crippen LogP contribution in [0.5, 0.6) is 0 Å². The number of halogens is 1. The molecule has 0 fully saturated rings. The second-order valence-electron chi connectivity index (χ2n) is 8.48. The summed E-state index contributed by atoms with van der Waals surface area (Å²) >= 11 is 0.